The van der Waals surface area contributed by atoms with Gasteiger partial charge >= 0.3 is 6.18 Å². The molecule has 1 amide bonds. The fourth-order valence-corrected chi connectivity index (χ4v) is 4.91. The molecule has 0 atom stereocenters. The number of hydrogen-bond donors (Lipinski definition) is 2. The second kappa shape index (κ2) is 9.96. The van der Waals surface area contributed by atoms with E-state index in [1.165, 1.54) is 24.3 Å². The van der Waals surface area contributed by atoms with Crippen molar-refractivity contribution in [1.29, 1.82) is 0 Å². The average molecular weight is 528 g/mol. The molecule has 13 heteroatoms. The molecule has 0 aliphatic rings. The van der Waals surface area contributed by atoms with E-state index in [2.05, 4.69) is 10.0 Å². The maximum Gasteiger partial charge on any atom is 0.416 e. The van der Waals surface area contributed by atoms with Crippen molar-refractivity contribution in [3.05, 3.63) is 84.4 Å². The molecule has 0 heterocycles. The molecule has 0 saturated heterocycles. The van der Waals surface area contributed by atoms with Crippen molar-refractivity contribution in [2.75, 3.05) is 27.1 Å². The van der Waals surface area contributed by atoms with Crippen LogP contribution in [-0.4, -0.2) is 35.5 Å². The minimum absolute atomic E-state index is 0.0823. The number of para-hydroxylation sites is 1. The first-order chi connectivity index (χ1) is 16.3. The van der Waals surface area contributed by atoms with Gasteiger partial charge in [-0.05, 0) is 54.6 Å². The molecule has 0 saturated carbocycles. The lowest BCUT2D eigenvalue weighted by atomic mass is 10.2. The van der Waals surface area contributed by atoms with E-state index in [1.54, 1.807) is 30.3 Å². The van der Waals surface area contributed by atoms with Crippen LogP contribution in [0.4, 0.5) is 30.2 Å². The number of rotatable bonds is 8. The molecule has 8 nitrogen and oxygen atoms in total. The van der Waals surface area contributed by atoms with Crippen LogP contribution >= 0.6 is 0 Å². The molecule has 3 aromatic rings. The van der Waals surface area contributed by atoms with Gasteiger partial charge in [0.15, 0.2) is 0 Å². The normalized spacial score (nSPS) is 12.1. The van der Waals surface area contributed by atoms with Gasteiger partial charge in [0, 0.05) is 11.4 Å². The number of carbonyl (C=O) groups is 1. The van der Waals surface area contributed by atoms with E-state index in [4.69, 9.17) is 0 Å². The Hall–Kier alpha value is -3.58. The van der Waals surface area contributed by atoms with E-state index < -0.39 is 44.2 Å². The summed E-state index contributed by atoms with van der Waals surface area (Å²) in [6, 6.07) is 16.9. The summed E-state index contributed by atoms with van der Waals surface area (Å²) in [5.41, 5.74) is -0.873. The Bertz CT molecular complexity index is 1410. The molecule has 0 spiro atoms. The Morgan fingerprint density at radius 1 is 0.857 bits per heavy atom. The maximum atomic E-state index is 13.0. The van der Waals surface area contributed by atoms with Gasteiger partial charge in [-0.25, -0.2) is 16.8 Å². The number of amides is 1. The van der Waals surface area contributed by atoms with Crippen molar-refractivity contribution in [3.8, 4) is 0 Å². The summed E-state index contributed by atoms with van der Waals surface area (Å²) >= 11 is 0. The molecule has 186 valence electrons. The van der Waals surface area contributed by atoms with Crippen LogP contribution in [0.1, 0.15) is 5.56 Å². The molecule has 0 radical (unpaired) electrons. The van der Waals surface area contributed by atoms with Crippen LogP contribution in [0.5, 0.6) is 0 Å². The number of nitrogens with zero attached hydrogens (tertiary/aromatic N) is 1. The number of anilines is 3. The molecular formula is C22H20F3N3O5S2. The first kappa shape index (κ1) is 26.0. The standard InChI is InChI=1S/C22H20F3N3O5S2/c1-34(30,31)28(19-9-5-6-16(14-19)22(23,24)25)15-21(29)26-17-10-12-20(13-11-17)35(32,33)27-18-7-3-2-4-8-18/h2-14,27H,15H2,1H3,(H,26,29). The predicted octanol–water partition coefficient (Wildman–Crippen LogP) is 3.91. The van der Waals surface area contributed by atoms with Crippen molar-refractivity contribution in [1.82, 2.24) is 0 Å². The lowest BCUT2D eigenvalue weighted by Crippen LogP contribution is -2.37. The van der Waals surface area contributed by atoms with Gasteiger partial charge in [-0.15, -0.1) is 0 Å². The molecule has 0 fully saturated rings. The Morgan fingerprint density at radius 3 is 2.06 bits per heavy atom. The van der Waals surface area contributed by atoms with Crippen LogP contribution in [0, 0.1) is 0 Å². The second-order valence-electron chi connectivity index (χ2n) is 7.36. The monoisotopic (exact) mass is 527 g/mol. The van der Waals surface area contributed by atoms with Crippen LogP contribution in [0.2, 0.25) is 0 Å². The molecule has 0 aromatic heterocycles. The highest BCUT2D eigenvalue weighted by Gasteiger charge is 2.32. The summed E-state index contributed by atoms with van der Waals surface area (Å²) in [5, 5.41) is 2.40. The van der Waals surface area contributed by atoms with Gasteiger partial charge in [0.05, 0.1) is 22.4 Å². The van der Waals surface area contributed by atoms with Gasteiger partial charge in [-0.3, -0.25) is 13.8 Å². The first-order valence-corrected chi connectivity index (χ1v) is 13.2. The van der Waals surface area contributed by atoms with E-state index in [0.29, 0.717) is 16.1 Å². The number of benzene rings is 3. The van der Waals surface area contributed by atoms with Gasteiger partial charge in [0.2, 0.25) is 15.9 Å². The number of halogens is 3. The van der Waals surface area contributed by atoms with Crippen LogP contribution < -0.4 is 14.3 Å². The van der Waals surface area contributed by atoms with Crippen LogP contribution in [0.15, 0.2) is 83.8 Å². The van der Waals surface area contributed by atoms with E-state index in [1.807, 2.05) is 0 Å². The van der Waals surface area contributed by atoms with Gasteiger partial charge < -0.3 is 5.32 Å². The minimum atomic E-state index is -4.70. The third-order valence-electron chi connectivity index (χ3n) is 4.62. The SMILES string of the molecule is CS(=O)(=O)N(CC(=O)Nc1ccc(S(=O)(=O)Nc2ccccc2)cc1)c1cccc(C(F)(F)F)c1. The molecular weight excluding hydrogens is 507 g/mol. The third-order valence-corrected chi connectivity index (χ3v) is 7.16. The molecule has 2 N–H and O–H groups in total. The molecule has 0 unspecified atom stereocenters. The zero-order chi connectivity index (χ0) is 25.9. The number of alkyl halides is 3. The average Bonchev–Trinajstić information content (AvgIpc) is 2.77. The summed E-state index contributed by atoms with van der Waals surface area (Å²) < 4.78 is 91.4. The highest BCUT2D eigenvalue weighted by Crippen LogP contribution is 2.32. The zero-order valence-electron chi connectivity index (χ0n) is 18.2. The maximum absolute atomic E-state index is 13.0. The third kappa shape index (κ3) is 6.96. The summed E-state index contributed by atoms with van der Waals surface area (Å²) in [4.78, 5) is 12.4. The summed E-state index contributed by atoms with van der Waals surface area (Å²) in [5.74, 6) is -0.842. The molecule has 35 heavy (non-hydrogen) atoms. The van der Waals surface area contributed by atoms with Crippen LogP contribution in [-0.2, 0) is 31.0 Å². The Kier molecular flexibility index (Phi) is 7.41. The van der Waals surface area contributed by atoms with Gasteiger partial charge in [0.25, 0.3) is 10.0 Å². The van der Waals surface area contributed by atoms with Gasteiger partial charge in [-0.2, -0.15) is 13.2 Å². The van der Waals surface area contributed by atoms with E-state index in [9.17, 15) is 34.8 Å². The summed E-state index contributed by atoms with van der Waals surface area (Å²) in [6.07, 6.45) is -3.93. The van der Waals surface area contributed by atoms with Crippen molar-refractivity contribution < 1.29 is 34.8 Å². The minimum Gasteiger partial charge on any atom is -0.325 e. The quantitative estimate of drug-likeness (QED) is 0.461. The largest absolute Gasteiger partial charge is 0.416 e. The van der Waals surface area contributed by atoms with Crippen molar-refractivity contribution in [2.45, 2.75) is 11.1 Å². The van der Waals surface area contributed by atoms with Crippen molar-refractivity contribution in [3.63, 3.8) is 0 Å². The highest BCUT2D eigenvalue weighted by atomic mass is 32.2. The topological polar surface area (TPSA) is 113 Å². The number of nitrogens with one attached hydrogen (secondary N) is 2. The smallest absolute Gasteiger partial charge is 0.325 e. The fourth-order valence-electron chi connectivity index (χ4n) is 3.01. The molecule has 3 rings (SSSR count). The Labute approximate surface area is 200 Å². The Morgan fingerprint density at radius 2 is 1.49 bits per heavy atom. The number of sulfonamides is 2. The van der Waals surface area contributed by atoms with Crippen LogP contribution in [0.3, 0.4) is 0 Å². The molecule has 3 aromatic carbocycles. The van der Waals surface area contributed by atoms with Crippen molar-refractivity contribution >= 4 is 43.0 Å². The molecule has 0 aliphatic heterocycles. The molecule has 0 bridgehead atoms. The fraction of sp³-hybridized carbons (Fsp3) is 0.136. The van der Waals surface area contributed by atoms with Crippen LogP contribution in [0.25, 0.3) is 0 Å². The van der Waals surface area contributed by atoms with E-state index >= 15 is 0 Å². The predicted molar refractivity (Wildman–Crippen MR) is 126 cm³/mol. The number of carbonyl (C=O) groups excluding carboxylic acids is 1. The number of hydrogen-bond acceptors (Lipinski definition) is 5. The Balaban J connectivity index is 1.74. The van der Waals surface area contributed by atoms with E-state index in [0.717, 1.165) is 24.5 Å². The second-order valence-corrected chi connectivity index (χ2v) is 11.0. The summed E-state index contributed by atoms with van der Waals surface area (Å²) in [6.45, 7) is -0.796. The lowest BCUT2D eigenvalue weighted by Gasteiger charge is -2.22. The summed E-state index contributed by atoms with van der Waals surface area (Å²) in [7, 11) is -8.00. The van der Waals surface area contributed by atoms with E-state index in [-0.39, 0.29) is 16.3 Å². The highest BCUT2D eigenvalue weighted by molar-refractivity contribution is 7.92. The first-order valence-electron chi connectivity index (χ1n) is 9.88. The zero-order valence-corrected chi connectivity index (χ0v) is 19.8. The van der Waals surface area contributed by atoms with Gasteiger partial charge in [0.1, 0.15) is 6.54 Å². The van der Waals surface area contributed by atoms with Gasteiger partial charge in [-0.1, -0.05) is 24.3 Å². The lowest BCUT2D eigenvalue weighted by molar-refractivity contribution is -0.137. The van der Waals surface area contributed by atoms with Crippen molar-refractivity contribution in [2.24, 2.45) is 0 Å². The molecule has 0 aliphatic carbocycles.